The number of thiol groups is 1. The summed E-state index contributed by atoms with van der Waals surface area (Å²) in [5.74, 6) is 1.41. The van der Waals surface area contributed by atoms with Crippen molar-refractivity contribution in [2.24, 2.45) is 28.6 Å². The van der Waals surface area contributed by atoms with Crippen LogP contribution in [0.25, 0.3) is 0 Å². The first-order chi connectivity index (χ1) is 13.2. The average molecular weight is 427 g/mol. The highest BCUT2D eigenvalue weighted by atomic mass is 35.5. The number of hydrogen-bond donors (Lipinski definition) is 1. The van der Waals surface area contributed by atoms with Crippen LogP contribution in [0.3, 0.4) is 0 Å². The molecule has 0 heterocycles. The van der Waals surface area contributed by atoms with E-state index in [9.17, 15) is 4.79 Å². The smallest absolute Gasteiger partial charge is 0.305 e. The number of ether oxygens (including phenoxy) is 2. The number of hydrogen-bond acceptors (Lipinski definition) is 4. The molecule has 9 atom stereocenters. The van der Waals surface area contributed by atoms with E-state index < -0.39 is 0 Å². The molecular weight excluding hydrogens is 392 g/mol. The standard InChI is InChI=1S/C23H35ClO3S/c1-5-19(25)27-21-17(24)12-16-20-15(7-9-23(16,21)3)22(2)8-6-14(28)10-13(22)11-18(20)26-4/h10,14-18,20-21,28H,5-9,11-12H2,1-4H3/t14-,15-,16-,17+,18-,20+,21?,22-,23-/m0/s1. The van der Waals surface area contributed by atoms with E-state index >= 15 is 0 Å². The minimum Gasteiger partial charge on any atom is -0.460 e. The van der Waals surface area contributed by atoms with Gasteiger partial charge in [0.2, 0.25) is 0 Å². The maximum Gasteiger partial charge on any atom is 0.305 e. The van der Waals surface area contributed by atoms with Crippen molar-refractivity contribution < 1.29 is 14.3 Å². The van der Waals surface area contributed by atoms with Gasteiger partial charge in [0.25, 0.3) is 0 Å². The first-order valence-electron chi connectivity index (χ1n) is 11.0. The fraction of sp³-hybridized carbons (Fsp3) is 0.870. The fourth-order valence-electron chi connectivity index (χ4n) is 7.25. The molecule has 0 radical (unpaired) electrons. The lowest BCUT2D eigenvalue weighted by atomic mass is 9.46. The predicted octanol–water partition coefficient (Wildman–Crippen LogP) is 5.41. The Labute approximate surface area is 180 Å². The lowest BCUT2D eigenvalue weighted by Crippen LogP contribution is -2.56. The minimum atomic E-state index is -0.178. The van der Waals surface area contributed by atoms with Crippen LogP contribution in [0.4, 0.5) is 0 Å². The highest BCUT2D eigenvalue weighted by Crippen LogP contribution is 2.66. The molecule has 4 aliphatic rings. The van der Waals surface area contributed by atoms with Crippen molar-refractivity contribution in [3.8, 4) is 0 Å². The van der Waals surface area contributed by atoms with Gasteiger partial charge in [-0.2, -0.15) is 12.6 Å². The summed E-state index contributed by atoms with van der Waals surface area (Å²) in [4.78, 5) is 12.1. The van der Waals surface area contributed by atoms with Crippen LogP contribution in [-0.2, 0) is 14.3 Å². The first-order valence-corrected chi connectivity index (χ1v) is 12.0. The molecule has 4 rings (SSSR count). The Bertz CT molecular complexity index is 666. The molecule has 0 aliphatic heterocycles. The third-order valence-electron chi connectivity index (χ3n) is 8.83. The second kappa shape index (κ2) is 7.50. The average Bonchev–Trinajstić information content (AvgIpc) is 2.92. The molecule has 158 valence electrons. The molecule has 1 unspecified atom stereocenters. The maximum absolute atomic E-state index is 12.1. The van der Waals surface area contributed by atoms with Crippen molar-refractivity contribution in [1.82, 2.24) is 0 Å². The van der Waals surface area contributed by atoms with Gasteiger partial charge in [0, 0.05) is 24.2 Å². The van der Waals surface area contributed by atoms with Gasteiger partial charge in [-0.05, 0) is 61.7 Å². The molecular formula is C23H35ClO3S. The van der Waals surface area contributed by atoms with E-state index in [-0.39, 0.29) is 34.4 Å². The molecule has 0 bridgehead atoms. The largest absolute Gasteiger partial charge is 0.460 e. The highest BCUT2D eigenvalue weighted by molar-refractivity contribution is 7.81. The number of esters is 1. The third kappa shape index (κ3) is 3.08. The summed E-state index contributed by atoms with van der Waals surface area (Å²) in [5, 5.41) is 0.280. The number of alkyl halides is 1. The number of rotatable bonds is 3. The number of carbonyl (C=O) groups excluding carboxylic acids is 1. The molecule has 0 aromatic heterocycles. The zero-order chi connectivity index (χ0) is 20.3. The van der Waals surface area contributed by atoms with E-state index in [0.717, 1.165) is 32.1 Å². The van der Waals surface area contributed by atoms with Crippen LogP contribution < -0.4 is 0 Å². The number of carbonyl (C=O) groups is 1. The number of methoxy groups -OCH3 is 1. The molecule has 5 heteroatoms. The summed E-state index contributed by atoms with van der Waals surface area (Å²) in [5.41, 5.74) is 1.76. The van der Waals surface area contributed by atoms with Crippen LogP contribution in [0, 0.1) is 28.6 Å². The van der Waals surface area contributed by atoms with Gasteiger partial charge in [0.15, 0.2) is 0 Å². The maximum atomic E-state index is 12.1. The predicted molar refractivity (Wildman–Crippen MR) is 116 cm³/mol. The Morgan fingerprint density at radius 2 is 2.04 bits per heavy atom. The van der Waals surface area contributed by atoms with Crippen molar-refractivity contribution in [2.75, 3.05) is 7.11 Å². The molecule has 0 aromatic rings. The number of halogens is 1. The molecule has 3 saturated carbocycles. The lowest BCUT2D eigenvalue weighted by Gasteiger charge is -2.60. The Kier molecular flexibility index (Phi) is 5.64. The Balaban J connectivity index is 1.69. The molecule has 0 spiro atoms. The van der Waals surface area contributed by atoms with Gasteiger partial charge in [0.1, 0.15) is 6.10 Å². The van der Waals surface area contributed by atoms with Crippen LogP contribution in [0.1, 0.15) is 65.7 Å². The number of fused-ring (bicyclic) bond motifs is 5. The van der Waals surface area contributed by atoms with Gasteiger partial charge in [-0.25, -0.2) is 0 Å². The normalized spacial score (nSPS) is 50.2. The van der Waals surface area contributed by atoms with Crippen LogP contribution in [0.2, 0.25) is 0 Å². The fourth-order valence-corrected chi connectivity index (χ4v) is 8.09. The van der Waals surface area contributed by atoms with Crippen LogP contribution >= 0.6 is 24.2 Å². The Hall–Kier alpha value is -0.190. The quantitative estimate of drug-likeness (QED) is 0.283. The van der Waals surface area contributed by atoms with Crippen molar-refractivity contribution in [3.63, 3.8) is 0 Å². The monoisotopic (exact) mass is 426 g/mol. The van der Waals surface area contributed by atoms with Crippen LogP contribution in [-0.4, -0.2) is 35.9 Å². The van der Waals surface area contributed by atoms with E-state index in [1.807, 2.05) is 14.0 Å². The Morgan fingerprint density at radius 3 is 2.71 bits per heavy atom. The molecule has 0 amide bonds. The second-order valence-corrected chi connectivity index (χ2v) is 11.3. The summed E-state index contributed by atoms with van der Waals surface area (Å²) in [6.07, 6.45) is 9.39. The van der Waals surface area contributed by atoms with E-state index in [1.54, 1.807) is 5.57 Å². The van der Waals surface area contributed by atoms with E-state index in [0.29, 0.717) is 29.4 Å². The van der Waals surface area contributed by atoms with Crippen molar-refractivity contribution in [3.05, 3.63) is 11.6 Å². The molecule has 4 aliphatic carbocycles. The van der Waals surface area contributed by atoms with Crippen LogP contribution in [0.5, 0.6) is 0 Å². The third-order valence-corrected chi connectivity index (χ3v) is 9.65. The van der Waals surface area contributed by atoms with Gasteiger partial charge in [0.05, 0.1) is 11.5 Å². The minimum absolute atomic E-state index is 0.0481. The SMILES string of the molecule is CCC(=O)OC1[C@H](Cl)C[C@H]2[C@@H]3[C@@H](OC)CC4=C[C@@H](S)CC[C@]4(C)[C@H]3CC[C@]12C. The summed E-state index contributed by atoms with van der Waals surface area (Å²) in [6, 6.07) is 0. The first kappa shape index (κ1) is 21.1. The second-order valence-electron chi connectivity index (χ2n) is 10.0. The van der Waals surface area contributed by atoms with Crippen LogP contribution in [0.15, 0.2) is 11.6 Å². The topological polar surface area (TPSA) is 35.5 Å². The summed E-state index contributed by atoms with van der Waals surface area (Å²) >= 11 is 11.6. The molecule has 3 nitrogen and oxygen atoms in total. The molecule has 0 aromatic carbocycles. The van der Waals surface area contributed by atoms with E-state index in [4.69, 9.17) is 33.7 Å². The van der Waals surface area contributed by atoms with Gasteiger partial charge < -0.3 is 9.47 Å². The van der Waals surface area contributed by atoms with Crippen molar-refractivity contribution >= 4 is 30.2 Å². The summed E-state index contributed by atoms with van der Waals surface area (Å²) < 4.78 is 12.0. The van der Waals surface area contributed by atoms with Crippen molar-refractivity contribution in [1.29, 1.82) is 0 Å². The lowest BCUT2D eigenvalue weighted by molar-refractivity contribution is -0.164. The summed E-state index contributed by atoms with van der Waals surface area (Å²) in [6.45, 7) is 6.65. The van der Waals surface area contributed by atoms with E-state index in [1.165, 1.54) is 6.42 Å². The molecule has 0 saturated heterocycles. The van der Waals surface area contributed by atoms with Gasteiger partial charge in [-0.1, -0.05) is 32.4 Å². The van der Waals surface area contributed by atoms with Gasteiger partial charge >= 0.3 is 5.97 Å². The zero-order valence-electron chi connectivity index (χ0n) is 17.6. The van der Waals surface area contributed by atoms with Gasteiger partial charge in [-0.3, -0.25) is 4.79 Å². The van der Waals surface area contributed by atoms with Crippen molar-refractivity contribution in [2.45, 2.75) is 88.6 Å². The molecule has 28 heavy (non-hydrogen) atoms. The molecule has 0 N–H and O–H groups in total. The molecule has 3 fully saturated rings. The highest BCUT2D eigenvalue weighted by Gasteiger charge is 2.64. The zero-order valence-corrected chi connectivity index (χ0v) is 19.3. The van der Waals surface area contributed by atoms with E-state index in [2.05, 4.69) is 19.9 Å². The summed E-state index contributed by atoms with van der Waals surface area (Å²) in [7, 11) is 1.86. The Morgan fingerprint density at radius 1 is 1.29 bits per heavy atom. The van der Waals surface area contributed by atoms with Gasteiger partial charge in [-0.15, -0.1) is 11.6 Å².